The lowest BCUT2D eigenvalue weighted by Crippen LogP contribution is -2.29. The first-order valence-corrected chi connectivity index (χ1v) is 9.39. The number of hydrogen-bond donors (Lipinski definition) is 3. The molecule has 0 radical (unpaired) electrons. The molecule has 26 heavy (non-hydrogen) atoms. The van der Waals surface area contributed by atoms with Crippen LogP contribution in [0, 0.1) is 0 Å². The third kappa shape index (κ3) is 8.62. The Balaban J connectivity index is 1.39. The number of unbranched alkanes of at least 4 members (excludes halogenated alkanes) is 4. The molecule has 2 rings (SSSR count). The van der Waals surface area contributed by atoms with Crippen molar-refractivity contribution in [1.29, 1.82) is 0 Å². The second-order valence-electron chi connectivity index (χ2n) is 6.00. The normalized spacial score (nSPS) is 10.3. The number of thiocarbonyl (C=S) groups is 1. The van der Waals surface area contributed by atoms with Crippen LogP contribution in [-0.4, -0.2) is 22.5 Å². The van der Waals surface area contributed by atoms with Gasteiger partial charge in [-0.15, -0.1) is 0 Å². The lowest BCUT2D eigenvalue weighted by atomic mass is 10.1. The quantitative estimate of drug-likeness (QED) is 0.412. The van der Waals surface area contributed by atoms with Crippen molar-refractivity contribution >= 4 is 28.9 Å². The van der Waals surface area contributed by atoms with Crippen LogP contribution in [0.1, 0.15) is 44.3 Å². The topological polar surface area (TPSA) is 79.2 Å². The molecule has 2 aromatic rings. The molecule has 0 bridgehead atoms. The molecule has 0 spiro atoms. The summed E-state index contributed by atoms with van der Waals surface area (Å²) in [6.07, 6.45) is 10.9. The zero-order valence-corrected chi connectivity index (χ0v) is 15.7. The lowest BCUT2D eigenvalue weighted by molar-refractivity contribution is -0.121. The number of rotatable bonds is 11. The van der Waals surface area contributed by atoms with Gasteiger partial charge in [0.2, 0.25) is 5.91 Å². The van der Waals surface area contributed by atoms with Gasteiger partial charge in [-0.25, -0.2) is 0 Å². The van der Waals surface area contributed by atoms with Crippen LogP contribution in [0.4, 0.5) is 5.69 Å². The fourth-order valence-electron chi connectivity index (χ4n) is 2.44. The number of pyridine rings is 1. The highest BCUT2D eigenvalue weighted by Gasteiger charge is 2.02. The Morgan fingerprint density at radius 1 is 1.08 bits per heavy atom. The summed E-state index contributed by atoms with van der Waals surface area (Å²) in [6.45, 7) is 1.31. The molecule has 0 fully saturated rings. The Morgan fingerprint density at radius 2 is 1.92 bits per heavy atom. The van der Waals surface area contributed by atoms with Gasteiger partial charge >= 0.3 is 0 Å². The fourth-order valence-corrected chi connectivity index (χ4v) is 2.66. The van der Waals surface area contributed by atoms with E-state index in [1.807, 2.05) is 24.3 Å². The number of anilines is 1. The summed E-state index contributed by atoms with van der Waals surface area (Å²) >= 11 is 5.24. The minimum absolute atomic E-state index is 0.0786. The summed E-state index contributed by atoms with van der Waals surface area (Å²) in [5.41, 5.74) is 0.885. The Hall–Kier alpha value is -2.41. The van der Waals surface area contributed by atoms with E-state index >= 15 is 0 Å². The molecular formula is C19H26N4O2S. The molecule has 1 amide bonds. The second-order valence-corrected chi connectivity index (χ2v) is 6.40. The van der Waals surface area contributed by atoms with E-state index in [1.165, 1.54) is 0 Å². The van der Waals surface area contributed by atoms with Crippen LogP contribution in [0.3, 0.4) is 0 Å². The first-order valence-electron chi connectivity index (χ1n) is 8.98. The number of furan rings is 1. The van der Waals surface area contributed by atoms with Gasteiger partial charge in [-0.1, -0.05) is 19.3 Å². The highest BCUT2D eigenvalue weighted by Crippen LogP contribution is 2.06. The minimum Gasteiger partial charge on any atom is -0.467 e. The van der Waals surface area contributed by atoms with E-state index in [-0.39, 0.29) is 5.91 Å². The summed E-state index contributed by atoms with van der Waals surface area (Å²) in [5.74, 6) is 0.858. The standard InChI is InChI=1S/C19H26N4O2S/c24-18(22-15-17-9-7-13-25-17)10-4-2-1-3-5-12-21-19(26)23-16-8-6-11-20-14-16/h6-9,11,13-14H,1-5,10,12,15H2,(H,22,24)(H2,21,23,26). The second kappa shape index (κ2) is 12.0. The van der Waals surface area contributed by atoms with E-state index in [0.717, 1.165) is 50.1 Å². The van der Waals surface area contributed by atoms with E-state index in [0.29, 0.717) is 18.1 Å². The molecule has 2 heterocycles. The molecule has 140 valence electrons. The van der Waals surface area contributed by atoms with Crippen LogP contribution >= 0.6 is 12.2 Å². The average molecular weight is 375 g/mol. The van der Waals surface area contributed by atoms with Crippen molar-refractivity contribution in [2.75, 3.05) is 11.9 Å². The smallest absolute Gasteiger partial charge is 0.220 e. The van der Waals surface area contributed by atoms with Gasteiger partial charge in [-0.3, -0.25) is 9.78 Å². The number of carbonyl (C=O) groups is 1. The average Bonchev–Trinajstić information content (AvgIpc) is 3.16. The van der Waals surface area contributed by atoms with Crippen molar-refractivity contribution in [3.05, 3.63) is 48.7 Å². The summed E-state index contributed by atoms with van der Waals surface area (Å²) < 4.78 is 5.18. The first-order chi connectivity index (χ1) is 12.7. The van der Waals surface area contributed by atoms with Gasteiger partial charge in [0.1, 0.15) is 5.76 Å². The molecule has 0 atom stereocenters. The maximum absolute atomic E-state index is 11.7. The van der Waals surface area contributed by atoms with Crippen LogP contribution < -0.4 is 16.0 Å². The molecular weight excluding hydrogens is 348 g/mol. The first kappa shape index (κ1) is 19.9. The number of nitrogens with one attached hydrogen (secondary N) is 3. The Labute approximate surface area is 159 Å². The summed E-state index contributed by atoms with van der Waals surface area (Å²) in [7, 11) is 0. The van der Waals surface area contributed by atoms with Crippen LogP contribution in [-0.2, 0) is 11.3 Å². The maximum Gasteiger partial charge on any atom is 0.220 e. The van der Waals surface area contributed by atoms with Crippen LogP contribution in [0.2, 0.25) is 0 Å². The Bertz CT molecular complexity index is 647. The summed E-state index contributed by atoms with van der Waals surface area (Å²) in [5, 5.41) is 9.76. The maximum atomic E-state index is 11.7. The van der Waals surface area contributed by atoms with Gasteiger partial charge in [-0.05, 0) is 49.3 Å². The van der Waals surface area contributed by atoms with E-state index in [2.05, 4.69) is 20.9 Å². The van der Waals surface area contributed by atoms with Crippen molar-refractivity contribution in [3.63, 3.8) is 0 Å². The molecule has 0 aromatic carbocycles. The third-order valence-electron chi connectivity index (χ3n) is 3.83. The number of carbonyl (C=O) groups excluding carboxylic acids is 1. The van der Waals surface area contributed by atoms with Gasteiger partial charge in [-0.2, -0.15) is 0 Å². The zero-order valence-electron chi connectivity index (χ0n) is 14.9. The molecule has 6 nitrogen and oxygen atoms in total. The van der Waals surface area contributed by atoms with E-state index in [1.54, 1.807) is 18.7 Å². The predicted octanol–water partition coefficient (Wildman–Crippen LogP) is 3.62. The van der Waals surface area contributed by atoms with Crippen LogP contribution in [0.15, 0.2) is 47.3 Å². The Morgan fingerprint density at radius 3 is 2.69 bits per heavy atom. The molecule has 3 N–H and O–H groups in total. The molecule has 0 aliphatic carbocycles. The summed E-state index contributed by atoms with van der Waals surface area (Å²) in [6, 6.07) is 7.46. The Kier molecular flexibility index (Phi) is 9.21. The number of amides is 1. The van der Waals surface area contributed by atoms with Crippen molar-refractivity contribution < 1.29 is 9.21 Å². The summed E-state index contributed by atoms with van der Waals surface area (Å²) in [4.78, 5) is 15.7. The third-order valence-corrected chi connectivity index (χ3v) is 4.07. The highest BCUT2D eigenvalue weighted by molar-refractivity contribution is 7.80. The molecule has 2 aromatic heterocycles. The molecule has 0 unspecified atom stereocenters. The predicted molar refractivity (Wildman–Crippen MR) is 107 cm³/mol. The SMILES string of the molecule is O=C(CCCCCCCNC(=S)Nc1cccnc1)NCc1ccco1. The van der Waals surface area contributed by atoms with Crippen LogP contribution in [0.5, 0.6) is 0 Å². The highest BCUT2D eigenvalue weighted by atomic mass is 32.1. The molecule has 7 heteroatoms. The number of aromatic nitrogens is 1. The van der Waals surface area contributed by atoms with Gasteiger partial charge in [0.25, 0.3) is 0 Å². The monoisotopic (exact) mass is 374 g/mol. The van der Waals surface area contributed by atoms with Gasteiger partial charge in [0.05, 0.1) is 24.7 Å². The largest absolute Gasteiger partial charge is 0.467 e. The van der Waals surface area contributed by atoms with Crippen molar-refractivity contribution in [1.82, 2.24) is 15.6 Å². The molecule has 0 aliphatic rings. The van der Waals surface area contributed by atoms with E-state index in [4.69, 9.17) is 16.6 Å². The van der Waals surface area contributed by atoms with Crippen molar-refractivity contribution in [3.8, 4) is 0 Å². The van der Waals surface area contributed by atoms with E-state index < -0.39 is 0 Å². The van der Waals surface area contributed by atoms with Crippen LogP contribution in [0.25, 0.3) is 0 Å². The van der Waals surface area contributed by atoms with E-state index in [9.17, 15) is 4.79 Å². The van der Waals surface area contributed by atoms with Crippen molar-refractivity contribution in [2.24, 2.45) is 0 Å². The molecule has 0 saturated carbocycles. The minimum atomic E-state index is 0.0786. The molecule has 0 saturated heterocycles. The van der Waals surface area contributed by atoms with Gasteiger partial charge in [0, 0.05) is 19.2 Å². The van der Waals surface area contributed by atoms with Crippen molar-refractivity contribution in [2.45, 2.75) is 45.1 Å². The fraction of sp³-hybridized carbons (Fsp3) is 0.421. The number of hydrogen-bond acceptors (Lipinski definition) is 4. The van der Waals surface area contributed by atoms with Gasteiger partial charge < -0.3 is 20.4 Å². The zero-order chi connectivity index (χ0) is 18.5. The lowest BCUT2D eigenvalue weighted by Gasteiger charge is -2.10. The molecule has 0 aliphatic heterocycles. The van der Waals surface area contributed by atoms with Gasteiger partial charge in [0.15, 0.2) is 5.11 Å². The number of nitrogens with zero attached hydrogens (tertiary/aromatic N) is 1.